The molecular formula is C30H50O3. The summed E-state index contributed by atoms with van der Waals surface area (Å²) in [4.78, 5) is 12.8. The number of rotatable bonds is 5. The fourth-order valence-electron chi connectivity index (χ4n) is 11.1. The zero-order valence-corrected chi connectivity index (χ0v) is 22.5. The second kappa shape index (κ2) is 7.09. The van der Waals surface area contributed by atoms with Gasteiger partial charge in [0.1, 0.15) is 5.78 Å². The second-order valence-electron chi connectivity index (χ2n) is 15.0. The smallest absolute Gasteiger partial charge is 0.138 e. The van der Waals surface area contributed by atoms with Crippen LogP contribution >= 0.6 is 0 Å². The van der Waals surface area contributed by atoms with Crippen molar-refractivity contribution in [1.29, 1.82) is 0 Å². The number of ketones is 1. The molecule has 0 bridgehead atoms. The van der Waals surface area contributed by atoms with Gasteiger partial charge in [-0.3, -0.25) is 4.79 Å². The number of carbonyl (C=O) groups excluding carboxylic acids is 1. The fraction of sp³-hybridized carbons (Fsp3) is 0.967. The number of fused-ring (bicyclic) bond motifs is 2. The van der Waals surface area contributed by atoms with Crippen molar-refractivity contribution < 1.29 is 15.0 Å². The lowest BCUT2D eigenvalue weighted by Crippen LogP contribution is -2.57. The Balaban J connectivity index is 1.37. The molecule has 0 aromatic heterocycles. The topological polar surface area (TPSA) is 57.5 Å². The minimum absolute atomic E-state index is 0.123. The first kappa shape index (κ1) is 24.3. The largest absolute Gasteiger partial charge is 0.390 e. The van der Waals surface area contributed by atoms with Crippen LogP contribution in [0.25, 0.3) is 0 Å². The molecule has 0 amide bonds. The van der Waals surface area contributed by atoms with E-state index >= 15 is 0 Å². The van der Waals surface area contributed by atoms with E-state index < -0.39 is 11.7 Å². The summed E-state index contributed by atoms with van der Waals surface area (Å²) < 4.78 is 0. The molecule has 2 spiro atoms. The highest BCUT2D eigenvalue weighted by Gasteiger charge is 2.82. The predicted octanol–water partition coefficient (Wildman–Crippen LogP) is 6.54. The van der Waals surface area contributed by atoms with Gasteiger partial charge in [-0.25, -0.2) is 0 Å². The summed E-state index contributed by atoms with van der Waals surface area (Å²) in [5.74, 6) is 3.25. The van der Waals surface area contributed by atoms with Gasteiger partial charge in [-0.15, -0.1) is 0 Å². The Bertz CT molecular complexity index is 825. The first-order valence-corrected chi connectivity index (χ1v) is 14.1. The average Bonchev–Trinajstić information content (AvgIpc) is 3.31. The molecule has 5 rings (SSSR count). The predicted molar refractivity (Wildman–Crippen MR) is 133 cm³/mol. The first-order chi connectivity index (χ1) is 15.2. The number of hydrogen-bond donors (Lipinski definition) is 2. The molecule has 0 saturated heterocycles. The summed E-state index contributed by atoms with van der Waals surface area (Å²) in [6.45, 7) is 15.7. The van der Waals surface area contributed by atoms with Crippen LogP contribution in [0.2, 0.25) is 0 Å². The molecular weight excluding hydrogens is 408 g/mol. The van der Waals surface area contributed by atoms with E-state index in [0.717, 1.165) is 25.2 Å². The molecule has 5 aliphatic rings. The molecule has 3 heteroatoms. The van der Waals surface area contributed by atoms with E-state index in [1.165, 1.54) is 44.9 Å². The van der Waals surface area contributed by atoms with E-state index in [1.807, 2.05) is 0 Å². The highest BCUT2D eigenvalue weighted by molar-refractivity contribution is 5.86. The third-order valence-corrected chi connectivity index (χ3v) is 13.3. The Kier molecular flexibility index (Phi) is 5.22. The maximum atomic E-state index is 12.8. The van der Waals surface area contributed by atoms with Crippen molar-refractivity contribution in [3.63, 3.8) is 0 Å². The van der Waals surface area contributed by atoms with Crippen molar-refractivity contribution in [2.45, 2.75) is 131 Å². The van der Waals surface area contributed by atoms with Gasteiger partial charge in [-0.2, -0.15) is 0 Å². The Morgan fingerprint density at radius 1 is 0.909 bits per heavy atom. The summed E-state index contributed by atoms with van der Waals surface area (Å²) >= 11 is 0. The minimum atomic E-state index is -1.01. The lowest BCUT2D eigenvalue weighted by molar-refractivity contribution is -0.157. The molecule has 5 aliphatic carbocycles. The number of aliphatic hydroxyl groups excluding tert-OH is 1. The highest BCUT2D eigenvalue weighted by Crippen LogP contribution is 2.88. The summed E-state index contributed by atoms with van der Waals surface area (Å²) in [5, 5.41) is 20.6. The van der Waals surface area contributed by atoms with Crippen molar-refractivity contribution in [3.05, 3.63) is 0 Å². The van der Waals surface area contributed by atoms with Crippen LogP contribution in [0, 0.1) is 50.7 Å². The molecule has 0 aromatic rings. The third-order valence-electron chi connectivity index (χ3n) is 13.3. The normalized spacial score (nSPS) is 50.0. The van der Waals surface area contributed by atoms with Crippen LogP contribution in [0.15, 0.2) is 0 Å². The standard InChI is InChI=1S/C30H50O3/c1-19(8-11-24(32)26(4,5)33)20-12-14-28(7)22-10-9-21-25(2,3)23(31)13-15-29(21)18-30(22,29)17-16-27(20,28)6/h19-22,24,32-33H,8-18H2,1-7H3/t19-,20?,21+,22+,24-,27-,28+,29-,30?/m1/s1. The summed E-state index contributed by atoms with van der Waals surface area (Å²) in [6.07, 6.45) is 12.4. The van der Waals surface area contributed by atoms with Crippen molar-refractivity contribution in [2.75, 3.05) is 0 Å². The highest BCUT2D eigenvalue weighted by atomic mass is 16.3. The molecule has 0 aliphatic heterocycles. The Morgan fingerprint density at radius 3 is 2.21 bits per heavy atom. The van der Waals surface area contributed by atoms with Gasteiger partial charge in [0.05, 0.1) is 11.7 Å². The molecule has 2 N–H and O–H groups in total. The lowest BCUT2D eigenvalue weighted by Gasteiger charge is -2.62. The van der Waals surface area contributed by atoms with Crippen molar-refractivity contribution in [1.82, 2.24) is 0 Å². The number of Topliss-reactive ketones (excluding diaryl/α,β-unsaturated/α-hetero) is 1. The van der Waals surface area contributed by atoms with Gasteiger partial charge in [0.15, 0.2) is 0 Å². The average molecular weight is 459 g/mol. The molecule has 3 nitrogen and oxygen atoms in total. The molecule has 9 atom stereocenters. The van der Waals surface area contributed by atoms with E-state index in [0.29, 0.717) is 51.6 Å². The van der Waals surface area contributed by atoms with E-state index in [1.54, 1.807) is 13.8 Å². The molecule has 0 aromatic carbocycles. The van der Waals surface area contributed by atoms with Gasteiger partial charge < -0.3 is 10.2 Å². The first-order valence-electron chi connectivity index (χ1n) is 14.1. The van der Waals surface area contributed by atoms with E-state index in [2.05, 4.69) is 34.6 Å². The van der Waals surface area contributed by atoms with Crippen LogP contribution in [0.4, 0.5) is 0 Å². The zero-order chi connectivity index (χ0) is 24.2. The van der Waals surface area contributed by atoms with Crippen LogP contribution in [0.1, 0.15) is 119 Å². The van der Waals surface area contributed by atoms with Gasteiger partial charge in [0, 0.05) is 11.8 Å². The Labute approximate surface area is 202 Å². The Hall–Kier alpha value is -0.410. The van der Waals surface area contributed by atoms with Crippen LogP contribution in [-0.2, 0) is 4.79 Å². The van der Waals surface area contributed by atoms with Gasteiger partial charge >= 0.3 is 0 Å². The lowest BCUT2D eigenvalue weighted by atomic mass is 9.42. The van der Waals surface area contributed by atoms with Crippen LogP contribution in [0.3, 0.4) is 0 Å². The molecule has 0 radical (unpaired) electrons. The SMILES string of the molecule is C[C@H](CC[C@@H](O)C(C)(C)O)C1CC[C@@]2(C)[C@@H]3CC[C@H]4C(C)(C)C(=O)CC[C@@]45CC35CC[C@]12C. The molecule has 33 heavy (non-hydrogen) atoms. The maximum Gasteiger partial charge on any atom is 0.138 e. The number of hydrogen-bond acceptors (Lipinski definition) is 3. The summed E-state index contributed by atoms with van der Waals surface area (Å²) in [6, 6.07) is 0. The molecule has 2 unspecified atom stereocenters. The fourth-order valence-corrected chi connectivity index (χ4v) is 11.1. The van der Waals surface area contributed by atoms with Crippen LogP contribution in [0.5, 0.6) is 0 Å². The Morgan fingerprint density at radius 2 is 1.55 bits per heavy atom. The summed E-state index contributed by atoms with van der Waals surface area (Å²) in [5.41, 5.74) is 0.606. The second-order valence-corrected chi connectivity index (χ2v) is 15.0. The van der Waals surface area contributed by atoms with Crippen molar-refractivity contribution in [2.24, 2.45) is 50.7 Å². The van der Waals surface area contributed by atoms with Gasteiger partial charge in [0.2, 0.25) is 0 Å². The van der Waals surface area contributed by atoms with Gasteiger partial charge in [-0.05, 0) is 123 Å². The number of aliphatic hydroxyl groups is 2. The van der Waals surface area contributed by atoms with E-state index in [4.69, 9.17) is 0 Å². The molecule has 0 heterocycles. The van der Waals surface area contributed by atoms with E-state index in [9.17, 15) is 15.0 Å². The number of carbonyl (C=O) groups is 1. The third kappa shape index (κ3) is 2.96. The van der Waals surface area contributed by atoms with Crippen molar-refractivity contribution in [3.8, 4) is 0 Å². The minimum Gasteiger partial charge on any atom is -0.390 e. The zero-order valence-electron chi connectivity index (χ0n) is 22.5. The maximum absolute atomic E-state index is 12.8. The van der Waals surface area contributed by atoms with E-state index in [-0.39, 0.29) is 5.41 Å². The van der Waals surface area contributed by atoms with Crippen LogP contribution in [-0.4, -0.2) is 27.7 Å². The monoisotopic (exact) mass is 458 g/mol. The quantitative estimate of drug-likeness (QED) is 0.491. The molecule has 5 fully saturated rings. The van der Waals surface area contributed by atoms with Gasteiger partial charge in [-0.1, -0.05) is 34.6 Å². The summed E-state index contributed by atoms with van der Waals surface area (Å²) in [7, 11) is 0. The van der Waals surface area contributed by atoms with Crippen LogP contribution < -0.4 is 0 Å². The van der Waals surface area contributed by atoms with Gasteiger partial charge in [0.25, 0.3) is 0 Å². The molecule has 188 valence electrons. The van der Waals surface area contributed by atoms with Crippen molar-refractivity contribution >= 4 is 5.78 Å². The molecule has 5 saturated carbocycles.